The van der Waals surface area contributed by atoms with E-state index in [4.69, 9.17) is 4.98 Å². The Morgan fingerprint density at radius 3 is 2.95 bits per heavy atom. The monoisotopic (exact) mass is 311 g/mol. The van der Waals surface area contributed by atoms with Crippen molar-refractivity contribution >= 4 is 11.8 Å². The van der Waals surface area contributed by atoms with Gasteiger partial charge in [-0.2, -0.15) is 0 Å². The van der Waals surface area contributed by atoms with Crippen LogP contribution in [0, 0.1) is 0 Å². The zero-order valence-electron chi connectivity index (χ0n) is 13.0. The van der Waals surface area contributed by atoms with Crippen molar-refractivity contribution in [2.45, 2.75) is 43.2 Å². The Hall–Kier alpha value is -1.39. The number of fused-ring (bicyclic) bond motifs is 1. The van der Waals surface area contributed by atoms with E-state index in [1.165, 1.54) is 34.6 Å². The van der Waals surface area contributed by atoms with Crippen LogP contribution in [0.25, 0.3) is 0 Å². The van der Waals surface area contributed by atoms with Gasteiger partial charge in [-0.25, -0.2) is 9.97 Å². The Kier molecular flexibility index (Phi) is 3.89. The molecule has 1 aromatic heterocycles. The minimum atomic E-state index is 0.650. The highest BCUT2D eigenvalue weighted by molar-refractivity contribution is 7.98. The van der Waals surface area contributed by atoms with Gasteiger partial charge in [-0.3, -0.25) is 4.90 Å². The van der Waals surface area contributed by atoms with E-state index in [1.54, 1.807) is 0 Å². The Morgan fingerprint density at radius 1 is 1.27 bits per heavy atom. The van der Waals surface area contributed by atoms with Gasteiger partial charge in [0.2, 0.25) is 0 Å². The molecule has 2 aliphatic rings. The summed E-state index contributed by atoms with van der Waals surface area (Å²) in [7, 11) is 0. The van der Waals surface area contributed by atoms with Crippen molar-refractivity contribution in [3.8, 4) is 0 Å². The lowest BCUT2D eigenvalue weighted by atomic mass is 10.1. The largest absolute Gasteiger partial charge is 0.294 e. The third-order valence-electron chi connectivity index (χ3n) is 4.56. The standard InChI is InChI=1S/C18H21N3S/c1-22-17-5-3-2-4-14(17)11-21-9-8-16-15(12-21)10-19-18(20-16)13-6-7-13/h2-5,10,13H,6-9,11-12H2,1H3. The van der Waals surface area contributed by atoms with Gasteiger partial charge in [-0.05, 0) is 30.7 Å². The summed E-state index contributed by atoms with van der Waals surface area (Å²) in [5, 5.41) is 0. The lowest BCUT2D eigenvalue weighted by Gasteiger charge is -2.28. The molecule has 0 amide bonds. The average molecular weight is 311 g/mol. The highest BCUT2D eigenvalue weighted by atomic mass is 32.2. The van der Waals surface area contributed by atoms with E-state index in [9.17, 15) is 0 Å². The van der Waals surface area contributed by atoms with Crippen molar-refractivity contribution in [2.75, 3.05) is 12.8 Å². The maximum atomic E-state index is 4.81. The number of aromatic nitrogens is 2. The molecule has 4 rings (SSSR count). The molecule has 0 N–H and O–H groups in total. The molecule has 0 unspecified atom stereocenters. The number of rotatable bonds is 4. The van der Waals surface area contributed by atoms with Gasteiger partial charge in [0.05, 0.1) is 0 Å². The van der Waals surface area contributed by atoms with Crippen LogP contribution in [-0.2, 0) is 19.5 Å². The minimum Gasteiger partial charge on any atom is -0.294 e. The first-order valence-electron chi connectivity index (χ1n) is 8.02. The number of hydrogen-bond acceptors (Lipinski definition) is 4. The molecule has 3 nitrogen and oxygen atoms in total. The Morgan fingerprint density at radius 2 is 2.14 bits per heavy atom. The van der Waals surface area contributed by atoms with Crippen LogP contribution in [0.5, 0.6) is 0 Å². The molecular weight excluding hydrogens is 290 g/mol. The zero-order chi connectivity index (χ0) is 14.9. The van der Waals surface area contributed by atoms with Crippen molar-refractivity contribution in [1.29, 1.82) is 0 Å². The topological polar surface area (TPSA) is 29.0 Å². The van der Waals surface area contributed by atoms with E-state index in [-0.39, 0.29) is 0 Å². The lowest BCUT2D eigenvalue weighted by Crippen LogP contribution is -2.31. The molecule has 0 bridgehead atoms. The normalized spacial score (nSPS) is 18.2. The van der Waals surface area contributed by atoms with Gasteiger partial charge in [0.1, 0.15) is 5.82 Å². The molecule has 0 spiro atoms. The minimum absolute atomic E-state index is 0.650. The van der Waals surface area contributed by atoms with E-state index >= 15 is 0 Å². The molecule has 0 radical (unpaired) electrons. The fraction of sp³-hybridized carbons (Fsp3) is 0.444. The molecule has 1 aliphatic heterocycles. The van der Waals surface area contributed by atoms with Crippen LogP contribution in [0.3, 0.4) is 0 Å². The van der Waals surface area contributed by atoms with Gasteiger partial charge in [0, 0.05) is 54.3 Å². The fourth-order valence-corrected chi connectivity index (χ4v) is 3.75. The van der Waals surface area contributed by atoms with Gasteiger partial charge in [-0.15, -0.1) is 11.8 Å². The summed E-state index contributed by atoms with van der Waals surface area (Å²) in [4.78, 5) is 13.3. The van der Waals surface area contributed by atoms with Gasteiger partial charge in [-0.1, -0.05) is 18.2 Å². The Labute approximate surface area is 136 Å². The molecular formula is C18H21N3S. The second-order valence-corrected chi connectivity index (χ2v) is 7.09. The van der Waals surface area contributed by atoms with Crippen molar-refractivity contribution in [3.63, 3.8) is 0 Å². The van der Waals surface area contributed by atoms with Crippen LogP contribution in [0.1, 0.15) is 41.4 Å². The number of benzene rings is 1. The quantitative estimate of drug-likeness (QED) is 0.806. The molecule has 1 fully saturated rings. The van der Waals surface area contributed by atoms with Crippen molar-refractivity contribution in [3.05, 3.63) is 53.1 Å². The third-order valence-corrected chi connectivity index (χ3v) is 5.40. The molecule has 1 aromatic carbocycles. The van der Waals surface area contributed by atoms with E-state index in [0.29, 0.717) is 5.92 Å². The zero-order valence-corrected chi connectivity index (χ0v) is 13.8. The van der Waals surface area contributed by atoms with Gasteiger partial charge in [0.25, 0.3) is 0 Å². The highest BCUT2D eigenvalue weighted by Gasteiger charge is 2.28. The van der Waals surface area contributed by atoms with Crippen molar-refractivity contribution < 1.29 is 0 Å². The maximum absolute atomic E-state index is 4.81. The second kappa shape index (κ2) is 6.01. The van der Waals surface area contributed by atoms with E-state index in [0.717, 1.165) is 31.9 Å². The molecule has 4 heteroatoms. The van der Waals surface area contributed by atoms with Crippen LogP contribution < -0.4 is 0 Å². The van der Waals surface area contributed by atoms with Crippen molar-refractivity contribution in [2.24, 2.45) is 0 Å². The van der Waals surface area contributed by atoms with Crippen molar-refractivity contribution in [1.82, 2.24) is 14.9 Å². The van der Waals surface area contributed by atoms with E-state index in [1.807, 2.05) is 11.8 Å². The SMILES string of the molecule is CSc1ccccc1CN1CCc2nc(C3CC3)ncc2C1. The van der Waals surface area contributed by atoms with Gasteiger partial charge < -0.3 is 0 Å². The summed E-state index contributed by atoms with van der Waals surface area (Å²) in [5.74, 6) is 1.73. The summed E-state index contributed by atoms with van der Waals surface area (Å²) in [5.41, 5.74) is 4.03. The number of hydrogen-bond donors (Lipinski definition) is 0. The molecule has 114 valence electrons. The first-order valence-corrected chi connectivity index (χ1v) is 9.25. The Balaban J connectivity index is 1.49. The lowest BCUT2D eigenvalue weighted by molar-refractivity contribution is 0.241. The summed E-state index contributed by atoms with van der Waals surface area (Å²) in [6.45, 7) is 3.08. The molecule has 2 aromatic rings. The summed E-state index contributed by atoms with van der Waals surface area (Å²) >= 11 is 1.83. The number of nitrogens with zero attached hydrogens (tertiary/aromatic N) is 3. The van der Waals surface area contributed by atoms with Gasteiger partial charge >= 0.3 is 0 Å². The molecule has 2 heterocycles. The third kappa shape index (κ3) is 2.90. The first-order chi connectivity index (χ1) is 10.8. The predicted molar refractivity (Wildman–Crippen MR) is 90.0 cm³/mol. The predicted octanol–water partition coefficient (Wildman–Crippen LogP) is 3.63. The van der Waals surface area contributed by atoms with Gasteiger partial charge in [0.15, 0.2) is 0 Å². The maximum Gasteiger partial charge on any atom is 0.131 e. The molecule has 0 atom stereocenters. The van der Waals surface area contributed by atoms with Crippen LogP contribution in [0.15, 0.2) is 35.4 Å². The van der Waals surface area contributed by atoms with E-state index in [2.05, 4.69) is 46.6 Å². The van der Waals surface area contributed by atoms with Crippen LogP contribution in [0.2, 0.25) is 0 Å². The summed E-state index contributed by atoms with van der Waals surface area (Å²) < 4.78 is 0. The summed E-state index contributed by atoms with van der Waals surface area (Å²) in [6.07, 6.45) is 7.83. The fourth-order valence-electron chi connectivity index (χ4n) is 3.14. The molecule has 1 aliphatic carbocycles. The molecule has 0 saturated heterocycles. The first kappa shape index (κ1) is 14.2. The second-order valence-electron chi connectivity index (χ2n) is 6.25. The average Bonchev–Trinajstić information content (AvgIpc) is 3.40. The van der Waals surface area contributed by atoms with Crippen LogP contribution >= 0.6 is 11.8 Å². The highest BCUT2D eigenvalue weighted by Crippen LogP contribution is 2.38. The van der Waals surface area contributed by atoms with Crippen LogP contribution in [0.4, 0.5) is 0 Å². The van der Waals surface area contributed by atoms with Crippen LogP contribution in [-0.4, -0.2) is 27.7 Å². The Bertz CT molecular complexity index is 682. The van der Waals surface area contributed by atoms with E-state index < -0.39 is 0 Å². The smallest absolute Gasteiger partial charge is 0.131 e. The number of thioether (sulfide) groups is 1. The molecule has 22 heavy (non-hydrogen) atoms. The molecule has 1 saturated carbocycles. The summed E-state index contributed by atoms with van der Waals surface area (Å²) in [6, 6.07) is 8.71.